The van der Waals surface area contributed by atoms with Gasteiger partial charge in [-0.15, -0.1) is 0 Å². The van der Waals surface area contributed by atoms with Crippen molar-refractivity contribution in [2.45, 2.75) is 38.8 Å². The lowest BCUT2D eigenvalue weighted by Gasteiger charge is -2.33. The van der Waals surface area contributed by atoms with Crippen LogP contribution in [0, 0.1) is 0 Å². The molecule has 2 aromatic heterocycles. The zero-order chi connectivity index (χ0) is 17.6. The number of pyridine rings is 1. The molecule has 25 heavy (non-hydrogen) atoms. The Balaban J connectivity index is 1.56. The molecule has 134 valence electrons. The minimum atomic E-state index is 0.200. The van der Waals surface area contributed by atoms with Gasteiger partial charge in [-0.2, -0.15) is 0 Å². The zero-order valence-corrected chi connectivity index (χ0v) is 15.1. The number of piperidine rings is 1. The molecule has 1 atom stereocenters. The second-order valence-corrected chi connectivity index (χ2v) is 6.78. The van der Waals surface area contributed by atoms with Crippen LogP contribution in [-0.2, 0) is 17.9 Å². The maximum atomic E-state index is 12.7. The fourth-order valence-electron chi connectivity index (χ4n) is 3.55. The lowest BCUT2D eigenvalue weighted by atomic mass is 9.97. The normalized spacial score (nSPS) is 17.9. The average molecular weight is 341 g/mol. The Morgan fingerprint density at radius 3 is 3.04 bits per heavy atom. The summed E-state index contributed by atoms with van der Waals surface area (Å²) >= 11 is 0. The maximum absolute atomic E-state index is 12.7. The van der Waals surface area contributed by atoms with Crippen LogP contribution < -0.4 is 0 Å². The van der Waals surface area contributed by atoms with Gasteiger partial charge >= 0.3 is 0 Å². The fourth-order valence-corrected chi connectivity index (χ4v) is 3.55. The molecule has 6 heteroatoms. The molecule has 0 radical (unpaired) electrons. The smallest absolute Gasteiger partial charge is 0.236 e. The van der Waals surface area contributed by atoms with E-state index >= 15 is 0 Å². The molecular formula is C19H27N5O. The number of likely N-dealkylation sites (tertiary alicyclic amines) is 1. The minimum absolute atomic E-state index is 0.200. The minimum Gasteiger partial charge on any atom is -0.341 e. The summed E-state index contributed by atoms with van der Waals surface area (Å²) in [5, 5.41) is 0. The number of likely N-dealkylation sites (N-methyl/N-ethyl adjacent to an activating group) is 1. The number of hydrogen-bond acceptors (Lipinski definition) is 4. The highest BCUT2D eigenvalue weighted by Crippen LogP contribution is 2.26. The number of carbonyl (C=O) groups excluding carboxylic acids is 1. The van der Waals surface area contributed by atoms with Crippen molar-refractivity contribution < 1.29 is 4.79 Å². The van der Waals surface area contributed by atoms with Crippen molar-refractivity contribution in [2.24, 2.45) is 0 Å². The highest BCUT2D eigenvalue weighted by atomic mass is 16.2. The lowest BCUT2D eigenvalue weighted by Crippen LogP contribution is -2.44. The van der Waals surface area contributed by atoms with Gasteiger partial charge in [0.25, 0.3) is 0 Å². The topological polar surface area (TPSA) is 54.3 Å². The highest BCUT2D eigenvalue weighted by Gasteiger charge is 2.27. The van der Waals surface area contributed by atoms with Crippen LogP contribution in [-0.4, -0.2) is 56.9 Å². The molecule has 0 bridgehead atoms. The van der Waals surface area contributed by atoms with Crippen molar-refractivity contribution in [2.75, 3.05) is 26.7 Å². The van der Waals surface area contributed by atoms with Crippen LogP contribution in [0.15, 0.2) is 36.9 Å². The number of carbonyl (C=O) groups is 1. The fraction of sp³-hybridized carbons (Fsp3) is 0.526. The van der Waals surface area contributed by atoms with Gasteiger partial charge in [0.15, 0.2) is 0 Å². The molecule has 0 aliphatic carbocycles. The third kappa shape index (κ3) is 4.45. The Hall–Kier alpha value is -2.21. The number of amides is 1. The van der Waals surface area contributed by atoms with Crippen LogP contribution >= 0.6 is 0 Å². The summed E-state index contributed by atoms with van der Waals surface area (Å²) < 4.78 is 2.19. The first-order valence-electron chi connectivity index (χ1n) is 9.03. The van der Waals surface area contributed by atoms with Crippen molar-refractivity contribution in [3.05, 3.63) is 48.3 Å². The number of aryl methyl sites for hydroxylation is 1. The Bertz CT molecular complexity index is 684. The number of aromatic nitrogens is 3. The molecule has 0 spiro atoms. The van der Waals surface area contributed by atoms with E-state index in [1.165, 1.54) is 0 Å². The SMILES string of the molecule is CCn1ccnc1C1CCCN(C(=O)CN(C)Cc2cccnc2)C1. The molecule has 1 amide bonds. The van der Waals surface area contributed by atoms with Gasteiger partial charge in [0.1, 0.15) is 5.82 Å². The number of rotatable bonds is 6. The van der Waals surface area contributed by atoms with Gasteiger partial charge in [0, 0.05) is 56.9 Å². The van der Waals surface area contributed by atoms with Crippen molar-refractivity contribution in [1.29, 1.82) is 0 Å². The molecule has 3 rings (SSSR count). The first kappa shape index (κ1) is 17.6. The first-order chi connectivity index (χ1) is 12.2. The molecule has 1 saturated heterocycles. The van der Waals surface area contributed by atoms with Crippen LogP contribution in [0.3, 0.4) is 0 Å². The predicted molar refractivity (Wildman–Crippen MR) is 97.0 cm³/mol. The van der Waals surface area contributed by atoms with Gasteiger partial charge in [-0.05, 0) is 38.4 Å². The van der Waals surface area contributed by atoms with E-state index in [9.17, 15) is 4.79 Å². The molecule has 1 unspecified atom stereocenters. The summed E-state index contributed by atoms with van der Waals surface area (Å²) in [4.78, 5) is 25.4. The van der Waals surface area contributed by atoms with Gasteiger partial charge in [-0.1, -0.05) is 6.07 Å². The molecule has 6 nitrogen and oxygen atoms in total. The average Bonchev–Trinajstić information content (AvgIpc) is 3.11. The highest BCUT2D eigenvalue weighted by molar-refractivity contribution is 5.78. The van der Waals surface area contributed by atoms with E-state index in [2.05, 4.69) is 26.4 Å². The first-order valence-corrected chi connectivity index (χ1v) is 9.03. The molecule has 0 aromatic carbocycles. The van der Waals surface area contributed by atoms with E-state index in [-0.39, 0.29) is 5.91 Å². The van der Waals surface area contributed by atoms with E-state index < -0.39 is 0 Å². The summed E-state index contributed by atoms with van der Waals surface area (Å²) in [5.74, 6) is 1.66. The maximum Gasteiger partial charge on any atom is 0.236 e. The van der Waals surface area contributed by atoms with Crippen molar-refractivity contribution in [3.63, 3.8) is 0 Å². The summed E-state index contributed by atoms with van der Waals surface area (Å²) in [6, 6.07) is 3.96. The van der Waals surface area contributed by atoms with E-state index in [4.69, 9.17) is 0 Å². The third-order valence-electron chi connectivity index (χ3n) is 4.81. The predicted octanol–water partition coefficient (Wildman–Crippen LogP) is 2.14. The third-order valence-corrected chi connectivity index (χ3v) is 4.81. The summed E-state index contributed by atoms with van der Waals surface area (Å²) in [7, 11) is 1.98. The van der Waals surface area contributed by atoms with Crippen molar-refractivity contribution in [1.82, 2.24) is 24.3 Å². The van der Waals surface area contributed by atoms with E-state index in [1.54, 1.807) is 6.20 Å². The van der Waals surface area contributed by atoms with Crippen molar-refractivity contribution in [3.8, 4) is 0 Å². The number of nitrogens with zero attached hydrogens (tertiary/aromatic N) is 5. The Kier molecular flexibility index (Phi) is 5.81. The van der Waals surface area contributed by atoms with E-state index in [0.29, 0.717) is 12.5 Å². The molecule has 0 saturated carbocycles. The van der Waals surface area contributed by atoms with Crippen molar-refractivity contribution >= 4 is 5.91 Å². The molecule has 3 heterocycles. The van der Waals surface area contributed by atoms with Crippen LogP contribution in [0.1, 0.15) is 37.1 Å². The van der Waals surface area contributed by atoms with E-state index in [1.807, 2.05) is 42.7 Å². The van der Waals surface area contributed by atoms with Gasteiger partial charge < -0.3 is 9.47 Å². The van der Waals surface area contributed by atoms with Gasteiger partial charge in [-0.3, -0.25) is 14.7 Å². The molecule has 0 N–H and O–H groups in total. The zero-order valence-electron chi connectivity index (χ0n) is 15.1. The number of hydrogen-bond donors (Lipinski definition) is 0. The standard InChI is InChI=1S/C19H27N5O/c1-3-23-11-9-21-19(23)17-7-5-10-24(14-17)18(25)15-22(2)13-16-6-4-8-20-12-16/h4,6,8-9,11-12,17H,3,5,7,10,13-15H2,1-2H3. The Morgan fingerprint density at radius 2 is 2.28 bits per heavy atom. The van der Waals surface area contributed by atoms with Crippen LogP contribution in [0.25, 0.3) is 0 Å². The van der Waals surface area contributed by atoms with Gasteiger partial charge in [-0.25, -0.2) is 4.98 Å². The number of imidazole rings is 1. The Labute approximate surface area is 149 Å². The monoisotopic (exact) mass is 341 g/mol. The van der Waals surface area contributed by atoms with Gasteiger partial charge in [0.05, 0.1) is 6.54 Å². The van der Waals surface area contributed by atoms with E-state index in [0.717, 1.165) is 50.4 Å². The van der Waals surface area contributed by atoms with Crippen LogP contribution in [0.5, 0.6) is 0 Å². The molecule has 1 aliphatic heterocycles. The molecule has 1 fully saturated rings. The van der Waals surface area contributed by atoms with Crippen LogP contribution in [0.4, 0.5) is 0 Å². The van der Waals surface area contributed by atoms with Crippen LogP contribution in [0.2, 0.25) is 0 Å². The second kappa shape index (κ2) is 8.25. The quantitative estimate of drug-likeness (QED) is 0.808. The largest absolute Gasteiger partial charge is 0.341 e. The molecular weight excluding hydrogens is 314 g/mol. The van der Waals surface area contributed by atoms with Gasteiger partial charge in [0.2, 0.25) is 5.91 Å². The second-order valence-electron chi connectivity index (χ2n) is 6.78. The summed E-state index contributed by atoms with van der Waals surface area (Å²) in [6.07, 6.45) is 9.65. The Morgan fingerprint density at radius 1 is 1.40 bits per heavy atom. The summed E-state index contributed by atoms with van der Waals surface area (Å²) in [5.41, 5.74) is 1.12. The summed E-state index contributed by atoms with van der Waals surface area (Å²) in [6.45, 7) is 5.85. The molecule has 2 aromatic rings. The molecule has 1 aliphatic rings. The lowest BCUT2D eigenvalue weighted by molar-refractivity contribution is -0.133.